The molecule has 8 nitrogen and oxygen atoms in total. The fourth-order valence-electron chi connectivity index (χ4n) is 9.49. The Bertz CT molecular complexity index is 1610. The first kappa shape index (κ1) is 37.9. The maximum atomic E-state index is 13.4. The molecule has 2 saturated heterocycles. The Hall–Kier alpha value is -3.82. The summed E-state index contributed by atoms with van der Waals surface area (Å²) in [5.41, 5.74) is 4.28. The van der Waals surface area contributed by atoms with E-state index in [-0.39, 0.29) is 24.3 Å². The summed E-state index contributed by atoms with van der Waals surface area (Å²) in [6.07, 6.45) is 14.0. The van der Waals surface area contributed by atoms with Gasteiger partial charge in [0.2, 0.25) is 12.7 Å². The van der Waals surface area contributed by atoms with Gasteiger partial charge in [0.1, 0.15) is 11.5 Å². The van der Waals surface area contributed by atoms with Gasteiger partial charge in [0.25, 0.3) is 0 Å². The number of benzene rings is 2. The lowest BCUT2D eigenvalue weighted by Gasteiger charge is -2.33. The van der Waals surface area contributed by atoms with Crippen LogP contribution in [0.4, 0.5) is 0 Å². The van der Waals surface area contributed by atoms with Gasteiger partial charge in [0, 0.05) is 46.4 Å². The van der Waals surface area contributed by atoms with Gasteiger partial charge in [-0.3, -0.25) is 29.2 Å². The van der Waals surface area contributed by atoms with Crippen LogP contribution < -0.4 is 9.47 Å². The zero-order valence-electron chi connectivity index (χ0n) is 32.1. The number of rotatable bonds is 13. The quantitative estimate of drug-likeness (QED) is 0.119. The number of nitrogens with zero attached hydrogens (tertiary/aromatic N) is 4. The molecule has 8 heteroatoms. The summed E-state index contributed by atoms with van der Waals surface area (Å²) in [5, 5.41) is 0. The van der Waals surface area contributed by atoms with E-state index in [1.807, 2.05) is 38.1 Å². The van der Waals surface area contributed by atoms with Crippen molar-refractivity contribution in [2.45, 2.75) is 102 Å². The Labute approximate surface area is 311 Å². The highest BCUT2D eigenvalue weighted by molar-refractivity contribution is 6.08. The van der Waals surface area contributed by atoms with Crippen LogP contribution in [0.1, 0.15) is 84.2 Å². The number of ketones is 2. The SMILES string of the molecule is C=CC(=O)c1cc(-c2cc(C(=O)C=C)c(CC)cc2OC2N(C)C3CCC(C=C)CC3N2C)c(OC2N(C)C3CCC(C=C)CC3N2C)cc1CC. The molecule has 2 aromatic carbocycles. The maximum absolute atomic E-state index is 13.4. The minimum atomic E-state index is -0.329. The van der Waals surface area contributed by atoms with Crippen molar-refractivity contribution >= 4 is 11.6 Å². The van der Waals surface area contributed by atoms with Crippen LogP contribution in [0, 0.1) is 11.8 Å². The number of hydrogen-bond donors (Lipinski definition) is 0. The lowest BCUT2D eigenvalue weighted by atomic mass is 9.82. The van der Waals surface area contributed by atoms with Crippen molar-refractivity contribution in [1.82, 2.24) is 19.6 Å². The number of allylic oxidation sites excluding steroid dienone is 4. The van der Waals surface area contributed by atoms with Gasteiger partial charge in [0.05, 0.1) is 0 Å². The summed E-state index contributed by atoms with van der Waals surface area (Å²) in [4.78, 5) is 36.2. The van der Waals surface area contributed by atoms with Gasteiger partial charge in [-0.2, -0.15) is 0 Å². The number of likely N-dealkylation sites (N-methyl/N-ethyl adjacent to an activating group) is 4. The molecule has 2 saturated carbocycles. The van der Waals surface area contributed by atoms with Crippen molar-refractivity contribution in [1.29, 1.82) is 0 Å². The third kappa shape index (κ3) is 6.75. The van der Waals surface area contributed by atoms with Crippen molar-refractivity contribution in [3.63, 3.8) is 0 Å². The predicted molar refractivity (Wildman–Crippen MR) is 210 cm³/mol. The standard InChI is InChI=1S/C44H58N4O4/c1-11-27-17-19-35-37(21-27)47(9)43(45(35)7)51-41-23-29(13-3)31(39(49)15-5)25-33(41)34-26-32(40(50)16-6)30(14-4)24-42(34)52-44-46(8)36-20-18-28(12-2)22-38(36)48(44)10/h11-12,15-16,23-28,35-38,43-44H,1-2,5-6,13-14,17-22H2,3-4,7-10H3. The number of ether oxygens (including phenoxy) is 2. The molecule has 0 radical (unpaired) electrons. The summed E-state index contributed by atoms with van der Waals surface area (Å²) in [7, 11) is 8.56. The second-order valence-corrected chi connectivity index (χ2v) is 15.3. The molecule has 6 rings (SSSR count). The summed E-state index contributed by atoms with van der Waals surface area (Å²) in [6.45, 7) is 19.9. The molecule has 4 fully saturated rings. The van der Waals surface area contributed by atoms with Crippen LogP contribution in [-0.2, 0) is 12.8 Å². The van der Waals surface area contributed by atoms with Crippen LogP contribution in [0.15, 0.2) is 74.9 Å². The highest BCUT2D eigenvalue weighted by Crippen LogP contribution is 2.45. The van der Waals surface area contributed by atoms with Gasteiger partial charge in [-0.1, -0.05) is 39.2 Å². The molecule has 52 heavy (non-hydrogen) atoms. The van der Waals surface area contributed by atoms with Gasteiger partial charge >= 0.3 is 0 Å². The third-order valence-electron chi connectivity index (χ3n) is 12.6. The van der Waals surface area contributed by atoms with Crippen molar-refractivity contribution < 1.29 is 19.1 Å². The fraction of sp³-hybridized carbons (Fsp3) is 0.500. The van der Waals surface area contributed by atoms with Crippen molar-refractivity contribution in [2.75, 3.05) is 28.2 Å². The molecular weight excluding hydrogens is 649 g/mol. The van der Waals surface area contributed by atoms with Crippen molar-refractivity contribution in [3.8, 4) is 22.6 Å². The molecule has 2 aliphatic carbocycles. The van der Waals surface area contributed by atoms with Crippen molar-refractivity contribution in [3.05, 3.63) is 97.1 Å². The average molecular weight is 707 g/mol. The minimum Gasteiger partial charge on any atom is -0.461 e. The highest BCUT2D eigenvalue weighted by atomic mass is 16.5. The molecule has 0 aromatic heterocycles. The molecule has 278 valence electrons. The Morgan fingerprint density at radius 2 is 0.981 bits per heavy atom. The lowest BCUT2D eigenvalue weighted by molar-refractivity contribution is -0.0245. The second kappa shape index (κ2) is 15.7. The molecule has 0 amide bonds. The topological polar surface area (TPSA) is 65.6 Å². The van der Waals surface area contributed by atoms with Gasteiger partial charge in [-0.25, -0.2) is 0 Å². The van der Waals surface area contributed by atoms with E-state index < -0.39 is 0 Å². The van der Waals surface area contributed by atoms with Gasteiger partial charge in [-0.15, -0.1) is 13.2 Å². The Morgan fingerprint density at radius 3 is 1.31 bits per heavy atom. The molecule has 8 unspecified atom stereocenters. The normalized spacial score (nSPS) is 29.6. The van der Waals surface area contributed by atoms with Crippen LogP contribution in [0.2, 0.25) is 0 Å². The van der Waals surface area contributed by atoms with Crippen LogP contribution in [0.5, 0.6) is 11.5 Å². The third-order valence-corrected chi connectivity index (χ3v) is 12.6. The van der Waals surface area contributed by atoms with E-state index in [1.165, 1.54) is 12.2 Å². The summed E-state index contributed by atoms with van der Waals surface area (Å²) < 4.78 is 14.2. The molecule has 0 spiro atoms. The Balaban J connectivity index is 1.50. The molecular formula is C44H58N4O4. The Morgan fingerprint density at radius 1 is 0.615 bits per heavy atom. The number of aryl methyl sites for hydroxylation is 2. The van der Waals surface area contributed by atoms with Gasteiger partial charge in [-0.05, 0) is 139 Å². The van der Waals surface area contributed by atoms with E-state index in [9.17, 15) is 9.59 Å². The first-order valence-electron chi connectivity index (χ1n) is 19.1. The molecule has 0 bridgehead atoms. The first-order chi connectivity index (χ1) is 25.0. The largest absolute Gasteiger partial charge is 0.461 e. The zero-order valence-corrected chi connectivity index (χ0v) is 32.1. The van der Waals surface area contributed by atoms with E-state index in [0.717, 1.165) is 49.7 Å². The lowest BCUT2D eigenvalue weighted by Crippen LogP contribution is -2.42. The Kier molecular flexibility index (Phi) is 11.4. The van der Waals surface area contributed by atoms with Gasteiger partial charge in [0.15, 0.2) is 11.6 Å². The number of hydrogen-bond acceptors (Lipinski definition) is 8. The first-order valence-corrected chi connectivity index (χ1v) is 19.1. The fourth-order valence-corrected chi connectivity index (χ4v) is 9.49. The van der Waals surface area contributed by atoms with E-state index in [1.54, 1.807) is 0 Å². The highest BCUT2D eigenvalue weighted by Gasteiger charge is 2.48. The monoisotopic (exact) mass is 706 g/mol. The van der Waals surface area contributed by atoms with Crippen LogP contribution in [0.25, 0.3) is 11.1 Å². The zero-order chi connectivity index (χ0) is 37.4. The predicted octanol–water partition coefficient (Wildman–Crippen LogP) is 7.74. The summed E-state index contributed by atoms with van der Waals surface area (Å²) >= 11 is 0. The summed E-state index contributed by atoms with van der Waals surface area (Å²) in [6, 6.07) is 9.23. The van der Waals surface area contributed by atoms with E-state index in [0.29, 0.717) is 82.6 Å². The maximum Gasteiger partial charge on any atom is 0.212 e. The molecule has 8 atom stereocenters. The second-order valence-electron chi connectivity index (χ2n) is 15.3. The number of fused-ring (bicyclic) bond motifs is 2. The number of carbonyl (C=O) groups excluding carboxylic acids is 2. The van der Waals surface area contributed by atoms with E-state index in [2.05, 4.69) is 86.3 Å². The average Bonchev–Trinajstić information content (AvgIpc) is 3.55. The molecule has 4 aliphatic rings. The van der Waals surface area contributed by atoms with Crippen LogP contribution in [0.3, 0.4) is 0 Å². The molecule has 0 N–H and O–H groups in total. The smallest absolute Gasteiger partial charge is 0.212 e. The van der Waals surface area contributed by atoms with Crippen molar-refractivity contribution in [2.24, 2.45) is 11.8 Å². The van der Waals surface area contributed by atoms with Crippen LogP contribution >= 0.6 is 0 Å². The summed E-state index contributed by atoms with van der Waals surface area (Å²) in [5.74, 6) is 1.93. The van der Waals surface area contributed by atoms with E-state index >= 15 is 0 Å². The van der Waals surface area contributed by atoms with Gasteiger partial charge < -0.3 is 9.47 Å². The number of carbonyl (C=O) groups is 2. The minimum absolute atomic E-state index is 0.160. The molecule has 2 aromatic rings. The molecule has 2 aliphatic heterocycles. The van der Waals surface area contributed by atoms with Crippen LogP contribution in [-0.4, -0.2) is 96.2 Å². The molecule has 2 heterocycles. The van der Waals surface area contributed by atoms with E-state index in [4.69, 9.17) is 9.47 Å².